The lowest BCUT2D eigenvalue weighted by molar-refractivity contribution is -0.137. The number of carboxylic acids is 1. The van der Waals surface area contributed by atoms with Gasteiger partial charge in [-0.25, -0.2) is 0 Å². The zero-order chi connectivity index (χ0) is 22.7. The van der Waals surface area contributed by atoms with Crippen LogP contribution in [0.3, 0.4) is 0 Å². The smallest absolute Gasteiger partial charge is 0.305 e. The van der Waals surface area contributed by atoms with Crippen LogP contribution in [0, 0.1) is 0 Å². The van der Waals surface area contributed by atoms with Gasteiger partial charge in [-0.15, -0.1) is 0 Å². The Morgan fingerprint density at radius 2 is 1.84 bits per heavy atom. The number of amides is 1. The van der Waals surface area contributed by atoms with E-state index in [-0.39, 0.29) is 18.9 Å². The second-order valence-corrected chi connectivity index (χ2v) is 7.26. The summed E-state index contributed by atoms with van der Waals surface area (Å²) in [4.78, 5) is 24.1. The molecule has 32 heavy (non-hydrogen) atoms. The Balaban J connectivity index is 1.73. The zero-order valence-corrected chi connectivity index (χ0v) is 17.7. The van der Waals surface area contributed by atoms with Crippen LogP contribution >= 0.6 is 0 Å². The van der Waals surface area contributed by atoms with Crippen LogP contribution < -0.4 is 9.75 Å². The molecule has 0 fully saturated rings. The van der Waals surface area contributed by atoms with Crippen LogP contribution in [0.4, 0.5) is 5.69 Å². The summed E-state index contributed by atoms with van der Waals surface area (Å²) in [5, 5.41) is 19.4. The van der Waals surface area contributed by atoms with E-state index in [1.54, 1.807) is 31.0 Å². The number of benzene rings is 2. The zero-order valence-electron chi connectivity index (χ0n) is 17.7. The van der Waals surface area contributed by atoms with E-state index in [0.29, 0.717) is 34.0 Å². The van der Waals surface area contributed by atoms with Crippen molar-refractivity contribution < 1.29 is 19.4 Å². The number of carbonyl (C=O) groups excluding carboxylic acids is 1. The van der Waals surface area contributed by atoms with E-state index in [1.807, 2.05) is 54.6 Å². The number of hydrogen-bond donors (Lipinski definition) is 1. The molecule has 0 bridgehead atoms. The number of rotatable bonds is 7. The molecule has 0 saturated heterocycles. The largest absolute Gasteiger partial charge is 0.497 e. The Morgan fingerprint density at radius 1 is 1.12 bits per heavy atom. The van der Waals surface area contributed by atoms with Crippen molar-refractivity contribution in [3.8, 4) is 17.0 Å². The topological polar surface area (TPSA) is 97.0 Å². The van der Waals surface area contributed by atoms with Crippen molar-refractivity contribution in [3.05, 3.63) is 71.9 Å². The highest BCUT2D eigenvalue weighted by atomic mass is 16.5. The van der Waals surface area contributed by atoms with E-state index in [2.05, 4.69) is 10.2 Å². The van der Waals surface area contributed by atoms with Crippen LogP contribution in [0.25, 0.3) is 17.3 Å². The van der Waals surface area contributed by atoms with Crippen molar-refractivity contribution >= 4 is 29.4 Å². The predicted octanol–water partition coefficient (Wildman–Crippen LogP) is 3.84. The lowest BCUT2D eigenvalue weighted by Crippen LogP contribution is -2.21. The molecule has 2 heterocycles. The summed E-state index contributed by atoms with van der Waals surface area (Å²) in [6.45, 7) is 2.01. The van der Waals surface area contributed by atoms with Crippen LogP contribution in [0.1, 0.15) is 18.9 Å². The molecule has 162 valence electrons. The molecule has 0 spiro atoms. The van der Waals surface area contributed by atoms with Gasteiger partial charge in [0.2, 0.25) is 0 Å². The molecule has 3 aromatic rings. The maximum absolute atomic E-state index is 13.1. The molecule has 0 radical (unpaired) electrons. The number of carbonyl (C=O) groups is 2. The Kier molecular flexibility index (Phi) is 5.85. The second kappa shape index (κ2) is 8.89. The number of aryl methyl sites for hydroxylation is 1. The van der Waals surface area contributed by atoms with Gasteiger partial charge >= 0.3 is 5.97 Å². The van der Waals surface area contributed by atoms with Gasteiger partial charge in [-0.05, 0) is 49.4 Å². The quantitative estimate of drug-likeness (QED) is 0.575. The molecular formula is C24H22N4O4. The van der Waals surface area contributed by atoms with E-state index in [4.69, 9.17) is 9.84 Å². The highest BCUT2D eigenvalue weighted by Crippen LogP contribution is 2.29. The number of carboxylic acid groups (broad SMARTS) is 1. The van der Waals surface area contributed by atoms with Gasteiger partial charge in [-0.3, -0.25) is 14.3 Å². The molecule has 1 N–H and O–H groups in total. The minimum Gasteiger partial charge on any atom is -0.497 e. The summed E-state index contributed by atoms with van der Waals surface area (Å²) in [6.07, 6.45) is 3.45. The van der Waals surface area contributed by atoms with Crippen molar-refractivity contribution in [2.45, 2.75) is 19.9 Å². The summed E-state index contributed by atoms with van der Waals surface area (Å²) < 4.78 is 6.81. The van der Waals surface area contributed by atoms with Crippen LogP contribution in [-0.4, -0.2) is 39.6 Å². The molecule has 2 aromatic carbocycles. The van der Waals surface area contributed by atoms with Crippen LogP contribution in [0.15, 0.2) is 71.5 Å². The molecule has 0 atom stereocenters. The van der Waals surface area contributed by atoms with Crippen LogP contribution in [0.2, 0.25) is 0 Å². The number of hydrogen-bond acceptors (Lipinski definition) is 5. The summed E-state index contributed by atoms with van der Waals surface area (Å²) in [6, 6.07) is 16.6. The lowest BCUT2D eigenvalue weighted by Gasteiger charge is -2.11. The highest BCUT2D eigenvalue weighted by Gasteiger charge is 2.29. The molecule has 1 aromatic heterocycles. The fourth-order valence-corrected chi connectivity index (χ4v) is 3.42. The Labute approximate surface area is 185 Å². The second-order valence-electron chi connectivity index (χ2n) is 7.26. The molecule has 4 rings (SSSR count). The molecule has 8 heteroatoms. The monoisotopic (exact) mass is 430 g/mol. The number of hydrazone groups is 1. The number of aliphatic carboxylic acids is 1. The fourth-order valence-electron chi connectivity index (χ4n) is 3.42. The Morgan fingerprint density at radius 3 is 2.50 bits per heavy atom. The van der Waals surface area contributed by atoms with Gasteiger partial charge in [0.05, 0.1) is 42.7 Å². The lowest BCUT2D eigenvalue weighted by atomic mass is 10.0. The van der Waals surface area contributed by atoms with Gasteiger partial charge in [-0.2, -0.15) is 15.2 Å². The summed E-state index contributed by atoms with van der Waals surface area (Å²) >= 11 is 0. The number of ether oxygens (including phenoxy) is 1. The average Bonchev–Trinajstić information content (AvgIpc) is 3.34. The number of methoxy groups -OCH3 is 1. The Bertz CT molecular complexity index is 1210. The van der Waals surface area contributed by atoms with Gasteiger partial charge in [0, 0.05) is 17.3 Å². The van der Waals surface area contributed by atoms with E-state index >= 15 is 0 Å². The van der Waals surface area contributed by atoms with E-state index in [0.717, 1.165) is 5.56 Å². The maximum Gasteiger partial charge on any atom is 0.305 e. The Hall–Kier alpha value is -4.20. The van der Waals surface area contributed by atoms with E-state index in [9.17, 15) is 9.59 Å². The minimum atomic E-state index is -0.904. The standard InChI is InChI=1S/C24H22N4O4/c1-16-21(24(31)28(25-16)19-6-4-3-5-7-19)14-18-15-27(13-12-22(29)30)26-23(18)17-8-10-20(32-2)11-9-17/h3-11,14-15H,12-13H2,1-2H3,(H,29,30)/b21-14+. The molecule has 1 aliphatic rings. The van der Waals surface area contributed by atoms with Gasteiger partial charge < -0.3 is 9.84 Å². The third-order valence-electron chi connectivity index (χ3n) is 5.07. The van der Waals surface area contributed by atoms with Gasteiger partial charge in [0.1, 0.15) is 5.75 Å². The van der Waals surface area contributed by atoms with Gasteiger partial charge in [-0.1, -0.05) is 18.2 Å². The molecule has 1 aliphatic heterocycles. The van der Waals surface area contributed by atoms with Crippen molar-refractivity contribution in [1.82, 2.24) is 9.78 Å². The van der Waals surface area contributed by atoms with Crippen molar-refractivity contribution in [1.29, 1.82) is 0 Å². The SMILES string of the molecule is COc1ccc(-c2nn(CCC(=O)O)cc2/C=C2/C(=O)N(c3ccccc3)N=C2C)cc1. The van der Waals surface area contributed by atoms with Crippen LogP contribution in [-0.2, 0) is 16.1 Å². The molecule has 1 amide bonds. The average molecular weight is 430 g/mol. The predicted molar refractivity (Wildman–Crippen MR) is 121 cm³/mol. The van der Waals surface area contributed by atoms with Crippen molar-refractivity contribution in [3.63, 3.8) is 0 Å². The first-order valence-electron chi connectivity index (χ1n) is 10.1. The minimum absolute atomic E-state index is 0.0546. The summed E-state index contributed by atoms with van der Waals surface area (Å²) in [5.74, 6) is -0.419. The normalized spacial score (nSPS) is 14.7. The van der Waals surface area contributed by atoms with Crippen molar-refractivity contribution in [2.24, 2.45) is 5.10 Å². The fraction of sp³-hybridized carbons (Fsp3) is 0.167. The molecule has 0 unspecified atom stereocenters. The molecule has 8 nitrogen and oxygen atoms in total. The summed E-state index contributed by atoms with van der Waals surface area (Å²) in [7, 11) is 1.60. The van der Waals surface area contributed by atoms with E-state index < -0.39 is 5.97 Å². The molecule has 0 aliphatic carbocycles. The van der Waals surface area contributed by atoms with E-state index in [1.165, 1.54) is 5.01 Å². The number of para-hydroxylation sites is 1. The maximum atomic E-state index is 13.1. The van der Waals surface area contributed by atoms with Crippen LogP contribution in [0.5, 0.6) is 5.75 Å². The first kappa shape index (κ1) is 21.0. The first-order valence-corrected chi connectivity index (χ1v) is 10.1. The third-order valence-corrected chi connectivity index (χ3v) is 5.07. The number of anilines is 1. The number of nitrogens with zero attached hydrogens (tertiary/aromatic N) is 4. The number of aromatic nitrogens is 2. The van der Waals surface area contributed by atoms with Gasteiger partial charge in [0.15, 0.2) is 0 Å². The summed E-state index contributed by atoms with van der Waals surface area (Å²) in [5.41, 5.74) is 3.91. The molecular weight excluding hydrogens is 408 g/mol. The highest BCUT2D eigenvalue weighted by molar-refractivity contribution is 6.32. The molecule has 0 saturated carbocycles. The third kappa shape index (κ3) is 4.29. The first-order chi connectivity index (χ1) is 15.5. The van der Waals surface area contributed by atoms with Crippen molar-refractivity contribution in [2.75, 3.05) is 12.1 Å². The van der Waals surface area contributed by atoms with Gasteiger partial charge in [0.25, 0.3) is 5.91 Å².